The second-order valence-electron chi connectivity index (χ2n) is 3.45. The molecule has 0 aliphatic carbocycles. The fraction of sp³-hybridized carbons (Fsp3) is 0.385. The van der Waals surface area contributed by atoms with E-state index < -0.39 is 0 Å². The molecule has 2 nitrogen and oxygen atoms in total. The zero-order valence-corrected chi connectivity index (χ0v) is 9.45. The summed E-state index contributed by atoms with van der Waals surface area (Å²) in [6, 6.07) is 7.85. The predicted octanol–water partition coefficient (Wildman–Crippen LogP) is 3.48. The molecule has 0 atom stereocenters. The van der Waals surface area contributed by atoms with Crippen LogP contribution < -0.4 is 4.74 Å². The smallest absolute Gasteiger partial charge is 0.189 e. The predicted molar refractivity (Wildman–Crippen MR) is 62.9 cm³/mol. The molecule has 82 valence electrons. The Bertz CT molecular complexity index is 318. The second-order valence-corrected chi connectivity index (χ2v) is 3.45. The molecule has 0 unspecified atom stereocenters. The Morgan fingerprint density at radius 2 is 2.07 bits per heavy atom. The fourth-order valence-corrected chi connectivity index (χ4v) is 1.25. The quantitative estimate of drug-likeness (QED) is 0.524. The summed E-state index contributed by atoms with van der Waals surface area (Å²) in [6.45, 7) is 8.98. The molecule has 1 aromatic rings. The maximum atomic E-state index is 5.52. The molecular weight excluding hydrogens is 188 g/mol. The van der Waals surface area contributed by atoms with Crippen LogP contribution in [-0.4, -0.2) is 13.4 Å². The van der Waals surface area contributed by atoms with Crippen molar-refractivity contribution in [2.24, 2.45) is 0 Å². The molecule has 0 bridgehead atoms. The van der Waals surface area contributed by atoms with Gasteiger partial charge in [-0.3, -0.25) is 0 Å². The van der Waals surface area contributed by atoms with E-state index in [1.807, 2.05) is 31.2 Å². The molecule has 1 aromatic carbocycles. The summed E-state index contributed by atoms with van der Waals surface area (Å²) >= 11 is 0. The lowest BCUT2D eigenvalue weighted by Crippen LogP contribution is -2.04. The number of ether oxygens (including phenoxy) is 2. The van der Waals surface area contributed by atoms with Gasteiger partial charge in [0.1, 0.15) is 5.75 Å². The van der Waals surface area contributed by atoms with E-state index in [4.69, 9.17) is 9.47 Å². The molecule has 0 amide bonds. The van der Waals surface area contributed by atoms with Crippen LogP contribution in [0, 0.1) is 0 Å². The van der Waals surface area contributed by atoms with Crippen molar-refractivity contribution in [1.29, 1.82) is 0 Å². The van der Waals surface area contributed by atoms with Crippen molar-refractivity contribution in [2.45, 2.75) is 20.3 Å². The Morgan fingerprint density at radius 1 is 1.33 bits per heavy atom. The third-order valence-electron chi connectivity index (χ3n) is 1.99. The Hall–Kier alpha value is -1.28. The van der Waals surface area contributed by atoms with Gasteiger partial charge < -0.3 is 9.47 Å². The van der Waals surface area contributed by atoms with Gasteiger partial charge in [0.25, 0.3) is 0 Å². The summed E-state index contributed by atoms with van der Waals surface area (Å²) in [5.74, 6) is 0.834. The van der Waals surface area contributed by atoms with Gasteiger partial charge in [-0.25, -0.2) is 0 Å². The highest BCUT2D eigenvalue weighted by atomic mass is 16.7. The monoisotopic (exact) mass is 206 g/mol. The SMILES string of the molecule is C=C(C)c1ccccc1OCOCCC. The van der Waals surface area contributed by atoms with Gasteiger partial charge in [0, 0.05) is 5.56 Å². The minimum Gasteiger partial charge on any atom is -0.467 e. The third-order valence-corrected chi connectivity index (χ3v) is 1.99. The first kappa shape index (κ1) is 11.8. The van der Waals surface area contributed by atoms with Gasteiger partial charge in [-0.1, -0.05) is 31.7 Å². The lowest BCUT2D eigenvalue weighted by Gasteiger charge is -2.10. The van der Waals surface area contributed by atoms with E-state index in [9.17, 15) is 0 Å². The lowest BCUT2D eigenvalue weighted by atomic mass is 10.1. The molecule has 0 spiro atoms. The molecule has 0 aliphatic heterocycles. The van der Waals surface area contributed by atoms with E-state index in [-0.39, 0.29) is 0 Å². The Balaban J connectivity index is 2.56. The molecule has 0 saturated carbocycles. The van der Waals surface area contributed by atoms with Gasteiger partial charge in [-0.15, -0.1) is 0 Å². The molecule has 0 aliphatic rings. The molecule has 0 aromatic heterocycles. The third kappa shape index (κ3) is 3.76. The van der Waals surface area contributed by atoms with Crippen LogP contribution in [0.5, 0.6) is 5.75 Å². The van der Waals surface area contributed by atoms with Crippen LogP contribution in [0.2, 0.25) is 0 Å². The molecule has 0 saturated heterocycles. The zero-order chi connectivity index (χ0) is 11.1. The van der Waals surface area contributed by atoms with Crippen LogP contribution in [0.25, 0.3) is 5.57 Å². The zero-order valence-electron chi connectivity index (χ0n) is 9.45. The number of para-hydroxylation sites is 1. The van der Waals surface area contributed by atoms with Crippen molar-refractivity contribution in [3.63, 3.8) is 0 Å². The summed E-state index contributed by atoms with van der Waals surface area (Å²) in [4.78, 5) is 0. The van der Waals surface area contributed by atoms with Crippen LogP contribution in [0.15, 0.2) is 30.8 Å². The molecule has 0 radical (unpaired) electrons. The van der Waals surface area contributed by atoms with Crippen molar-refractivity contribution < 1.29 is 9.47 Å². The second kappa shape index (κ2) is 6.25. The van der Waals surface area contributed by atoms with Crippen LogP contribution in [-0.2, 0) is 4.74 Å². The minimum absolute atomic E-state index is 0.304. The minimum atomic E-state index is 0.304. The van der Waals surface area contributed by atoms with E-state index in [0.29, 0.717) is 6.79 Å². The van der Waals surface area contributed by atoms with Crippen LogP contribution in [0.3, 0.4) is 0 Å². The molecule has 1 rings (SSSR count). The molecule has 0 fully saturated rings. The summed E-state index contributed by atoms with van der Waals surface area (Å²) < 4.78 is 10.8. The van der Waals surface area contributed by atoms with E-state index in [2.05, 4.69) is 13.5 Å². The highest BCUT2D eigenvalue weighted by Gasteiger charge is 2.02. The Labute approximate surface area is 91.5 Å². The first-order chi connectivity index (χ1) is 7.25. The molecule has 15 heavy (non-hydrogen) atoms. The largest absolute Gasteiger partial charge is 0.467 e. The lowest BCUT2D eigenvalue weighted by molar-refractivity contribution is 0.0155. The summed E-state index contributed by atoms with van der Waals surface area (Å²) in [6.07, 6.45) is 1.01. The first-order valence-corrected chi connectivity index (χ1v) is 5.21. The van der Waals surface area contributed by atoms with E-state index in [0.717, 1.165) is 29.9 Å². The number of hydrogen-bond donors (Lipinski definition) is 0. The van der Waals surface area contributed by atoms with E-state index in [1.165, 1.54) is 0 Å². The van der Waals surface area contributed by atoms with Crippen molar-refractivity contribution in [3.8, 4) is 5.75 Å². The van der Waals surface area contributed by atoms with Crippen LogP contribution in [0.4, 0.5) is 0 Å². The van der Waals surface area contributed by atoms with Crippen molar-refractivity contribution in [2.75, 3.05) is 13.4 Å². The van der Waals surface area contributed by atoms with Crippen molar-refractivity contribution >= 4 is 5.57 Å². The maximum Gasteiger partial charge on any atom is 0.189 e. The van der Waals surface area contributed by atoms with Gasteiger partial charge in [0.05, 0.1) is 6.61 Å². The van der Waals surface area contributed by atoms with Crippen LogP contribution >= 0.6 is 0 Å². The fourth-order valence-electron chi connectivity index (χ4n) is 1.25. The standard InChI is InChI=1S/C13H18O2/c1-4-9-14-10-15-13-8-6-5-7-12(13)11(2)3/h5-8H,2,4,9-10H2,1,3H3. The molecule has 0 N–H and O–H groups in total. The van der Waals surface area contributed by atoms with Gasteiger partial charge >= 0.3 is 0 Å². The summed E-state index contributed by atoms with van der Waals surface area (Å²) in [5, 5.41) is 0. The average molecular weight is 206 g/mol. The normalized spacial score (nSPS) is 10.0. The van der Waals surface area contributed by atoms with Crippen molar-refractivity contribution in [1.82, 2.24) is 0 Å². The Morgan fingerprint density at radius 3 is 2.73 bits per heavy atom. The summed E-state index contributed by atoms with van der Waals surface area (Å²) in [5.41, 5.74) is 2.04. The number of allylic oxidation sites excluding steroid dienone is 1. The molecule has 2 heteroatoms. The van der Waals surface area contributed by atoms with Gasteiger partial charge in [0.2, 0.25) is 0 Å². The number of hydrogen-bond acceptors (Lipinski definition) is 2. The molecular formula is C13H18O2. The average Bonchev–Trinajstić information content (AvgIpc) is 2.25. The van der Waals surface area contributed by atoms with Gasteiger partial charge in [0.15, 0.2) is 6.79 Å². The molecule has 0 heterocycles. The van der Waals surface area contributed by atoms with Gasteiger partial charge in [-0.05, 0) is 25.0 Å². The number of benzene rings is 1. The highest BCUT2D eigenvalue weighted by molar-refractivity contribution is 5.66. The highest BCUT2D eigenvalue weighted by Crippen LogP contribution is 2.24. The Kier molecular flexibility index (Phi) is 4.91. The van der Waals surface area contributed by atoms with E-state index >= 15 is 0 Å². The van der Waals surface area contributed by atoms with Crippen LogP contribution in [0.1, 0.15) is 25.8 Å². The first-order valence-electron chi connectivity index (χ1n) is 5.21. The number of rotatable bonds is 6. The van der Waals surface area contributed by atoms with Crippen molar-refractivity contribution in [3.05, 3.63) is 36.4 Å². The maximum absolute atomic E-state index is 5.52. The van der Waals surface area contributed by atoms with E-state index in [1.54, 1.807) is 0 Å². The topological polar surface area (TPSA) is 18.5 Å². The van der Waals surface area contributed by atoms with Gasteiger partial charge in [-0.2, -0.15) is 0 Å². The summed E-state index contributed by atoms with van der Waals surface area (Å²) in [7, 11) is 0.